The van der Waals surface area contributed by atoms with Gasteiger partial charge in [-0.15, -0.1) is 0 Å². The number of nitrogens with zero attached hydrogens (tertiary/aromatic N) is 1. The Morgan fingerprint density at radius 3 is 2.82 bits per heavy atom. The molecule has 1 aliphatic rings. The number of amides is 1. The van der Waals surface area contributed by atoms with Gasteiger partial charge in [0.05, 0.1) is 12.1 Å². The van der Waals surface area contributed by atoms with Crippen LogP contribution in [0.2, 0.25) is 0 Å². The van der Waals surface area contributed by atoms with E-state index in [4.69, 9.17) is 9.47 Å². The largest absolute Gasteiger partial charge is 0.447 e. The summed E-state index contributed by atoms with van der Waals surface area (Å²) < 4.78 is 9.89. The van der Waals surface area contributed by atoms with Crippen molar-refractivity contribution < 1.29 is 14.3 Å². The summed E-state index contributed by atoms with van der Waals surface area (Å²) in [4.78, 5) is 12.4. The van der Waals surface area contributed by atoms with Crippen LogP contribution in [0.1, 0.15) is 6.92 Å². The Labute approximate surface area is 66.1 Å². The molecule has 1 fully saturated rings. The molecular weight excluding hydrogens is 146 g/mol. The van der Waals surface area contributed by atoms with Crippen LogP contribution in [0.15, 0.2) is 0 Å². The maximum Gasteiger partial charge on any atom is 0.410 e. The summed E-state index contributed by atoms with van der Waals surface area (Å²) in [6.07, 6.45) is -0.231. The van der Waals surface area contributed by atoms with Gasteiger partial charge in [0.15, 0.2) is 0 Å². The second-order valence-corrected chi connectivity index (χ2v) is 2.70. The topological polar surface area (TPSA) is 38.8 Å². The van der Waals surface area contributed by atoms with E-state index < -0.39 is 0 Å². The van der Waals surface area contributed by atoms with Crippen molar-refractivity contribution in [2.45, 2.75) is 19.1 Å². The smallest absolute Gasteiger partial charge is 0.410 e. The number of rotatable bonds is 2. The summed E-state index contributed by atoms with van der Waals surface area (Å²) in [5, 5.41) is 0. The summed E-state index contributed by atoms with van der Waals surface area (Å²) >= 11 is 0. The second kappa shape index (κ2) is 3.09. The van der Waals surface area contributed by atoms with Crippen molar-refractivity contribution in [1.29, 1.82) is 0 Å². The van der Waals surface area contributed by atoms with E-state index in [2.05, 4.69) is 0 Å². The van der Waals surface area contributed by atoms with Crippen LogP contribution < -0.4 is 0 Å². The van der Waals surface area contributed by atoms with Gasteiger partial charge in [-0.1, -0.05) is 0 Å². The minimum absolute atomic E-state index is 0.0337. The lowest BCUT2D eigenvalue weighted by Crippen LogP contribution is -2.38. The number of cyclic esters (lactones) is 1. The lowest BCUT2D eigenvalue weighted by atomic mass is 10.2. The predicted molar refractivity (Wildman–Crippen MR) is 39.4 cm³/mol. The number of methoxy groups -OCH3 is 1. The van der Waals surface area contributed by atoms with Crippen molar-refractivity contribution in [1.82, 2.24) is 4.90 Å². The fraction of sp³-hybridized carbons (Fsp3) is 0.857. The number of likely N-dealkylation sites (N-methyl/N-ethyl adjacent to an activating group) is 1. The molecule has 1 amide bonds. The normalized spacial score (nSPS) is 27.0. The summed E-state index contributed by atoms with van der Waals surface area (Å²) in [5.41, 5.74) is 0. The maximum atomic E-state index is 10.9. The van der Waals surface area contributed by atoms with Gasteiger partial charge in [-0.25, -0.2) is 4.79 Å². The quantitative estimate of drug-likeness (QED) is 0.588. The highest BCUT2D eigenvalue weighted by Crippen LogP contribution is 2.14. The molecule has 0 aromatic heterocycles. The average Bonchev–Trinajstić information content (AvgIpc) is 2.32. The van der Waals surface area contributed by atoms with Gasteiger partial charge in [-0.3, -0.25) is 0 Å². The van der Waals surface area contributed by atoms with Gasteiger partial charge in [0.2, 0.25) is 0 Å². The molecule has 4 nitrogen and oxygen atoms in total. The molecule has 4 heteroatoms. The first-order valence-electron chi connectivity index (χ1n) is 3.59. The number of hydrogen-bond donors (Lipinski definition) is 0. The minimum atomic E-state index is -0.265. The Bertz CT molecular complexity index is 160. The molecule has 0 aliphatic carbocycles. The Morgan fingerprint density at radius 1 is 1.82 bits per heavy atom. The molecule has 11 heavy (non-hydrogen) atoms. The van der Waals surface area contributed by atoms with Gasteiger partial charge in [0.25, 0.3) is 0 Å². The molecule has 2 atom stereocenters. The Balaban J connectivity index is 2.54. The van der Waals surface area contributed by atoms with Crippen LogP contribution >= 0.6 is 0 Å². The number of carbonyl (C=O) groups excluding carboxylic acids is 1. The van der Waals surface area contributed by atoms with E-state index in [0.29, 0.717) is 6.61 Å². The number of hydrogen-bond acceptors (Lipinski definition) is 3. The Kier molecular flexibility index (Phi) is 2.34. The van der Waals surface area contributed by atoms with E-state index in [1.165, 1.54) is 0 Å². The first-order chi connectivity index (χ1) is 5.16. The van der Waals surface area contributed by atoms with Crippen LogP contribution in [0.25, 0.3) is 0 Å². The lowest BCUT2D eigenvalue weighted by Gasteiger charge is -2.21. The molecule has 0 saturated carbocycles. The van der Waals surface area contributed by atoms with Crippen molar-refractivity contribution >= 4 is 6.09 Å². The van der Waals surface area contributed by atoms with E-state index in [1.54, 1.807) is 19.1 Å². The number of ether oxygens (including phenoxy) is 2. The molecule has 1 saturated heterocycles. The molecular formula is C7H13NO3. The Hall–Kier alpha value is -0.770. The number of carbonyl (C=O) groups is 1. The van der Waals surface area contributed by atoms with Gasteiger partial charge >= 0.3 is 6.09 Å². The van der Waals surface area contributed by atoms with Crippen molar-refractivity contribution in [3.63, 3.8) is 0 Å². The highest BCUT2D eigenvalue weighted by Gasteiger charge is 2.33. The van der Waals surface area contributed by atoms with Crippen LogP contribution in [0.4, 0.5) is 4.79 Å². The molecule has 0 radical (unpaired) electrons. The zero-order valence-electron chi connectivity index (χ0n) is 7.03. The Morgan fingerprint density at radius 2 is 2.45 bits per heavy atom. The van der Waals surface area contributed by atoms with Crippen LogP contribution in [0, 0.1) is 0 Å². The van der Waals surface area contributed by atoms with Crippen LogP contribution in [0.5, 0.6) is 0 Å². The molecule has 1 rings (SSSR count). The molecule has 0 N–H and O–H groups in total. The van der Waals surface area contributed by atoms with Crippen LogP contribution in [-0.2, 0) is 9.47 Å². The molecule has 64 valence electrons. The fourth-order valence-corrected chi connectivity index (χ4v) is 1.11. The van der Waals surface area contributed by atoms with Crippen LogP contribution in [0.3, 0.4) is 0 Å². The monoisotopic (exact) mass is 159 g/mol. The van der Waals surface area contributed by atoms with Crippen LogP contribution in [-0.4, -0.2) is 43.9 Å². The van der Waals surface area contributed by atoms with Gasteiger partial charge in [0, 0.05) is 14.2 Å². The maximum absolute atomic E-state index is 10.9. The molecule has 1 aliphatic heterocycles. The molecule has 0 aromatic rings. The third kappa shape index (κ3) is 1.45. The molecule has 2 unspecified atom stereocenters. The summed E-state index contributed by atoms with van der Waals surface area (Å²) in [7, 11) is 3.34. The van der Waals surface area contributed by atoms with Crippen molar-refractivity contribution in [3.8, 4) is 0 Å². The summed E-state index contributed by atoms with van der Waals surface area (Å²) in [5.74, 6) is 0. The SMILES string of the molecule is COC(C)C1COC(=O)N1C. The van der Waals surface area contributed by atoms with E-state index >= 15 is 0 Å². The van der Waals surface area contributed by atoms with E-state index in [1.807, 2.05) is 6.92 Å². The predicted octanol–water partition coefficient (Wildman–Crippen LogP) is 0.472. The minimum Gasteiger partial charge on any atom is -0.447 e. The van der Waals surface area contributed by atoms with Gasteiger partial charge in [-0.05, 0) is 6.92 Å². The lowest BCUT2D eigenvalue weighted by molar-refractivity contribution is 0.0603. The molecule has 0 spiro atoms. The zero-order chi connectivity index (χ0) is 8.43. The standard InChI is InChI=1S/C7H13NO3/c1-5(10-3)6-4-11-7(9)8(6)2/h5-6H,4H2,1-3H3. The van der Waals surface area contributed by atoms with Crippen molar-refractivity contribution in [2.24, 2.45) is 0 Å². The summed E-state index contributed by atoms with van der Waals surface area (Å²) in [6, 6.07) is 0.0625. The first kappa shape index (κ1) is 8.33. The highest BCUT2D eigenvalue weighted by atomic mass is 16.6. The van der Waals surface area contributed by atoms with Crippen molar-refractivity contribution in [2.75, 3.05) is 20.8 Å². The van der Waals surface area contributed by atoms with E-state index in [0.717, 1.165) is 0 Å². The first-order valence-corrected chi connectivity index (χ1v) is 3.59. The third-order valence-electron chi connectivity index (χ3n) is 2.08. The van der Waals surface area contributed by atoms with E-state index in [9.17, 15) is 4.79 Å². The molecule has 0 aromatic carbocycles. The molecule has 0 bridgehead atoms. The highest BCUT2D eigenvalue weighted by molar-refractivity contribution is 5.69. The fourth-order valence-electron chi connectivity index (χ4n) is 1.11. The van der Waals surface area contributed by atoms with Gasteiger partial charge in [-0.2, -0.15) is 0 Å². The van der Waals surface area contributed by atoms with Gasteiger partial charge < -0.3 is 14.4 Å². The zero-order valence-corrected chi connectivity index (χ0v) is 7.03. The average molecular weight is 159 g/mol. The van der Waals surface area contributed by atoms with Crippen molar-refractivity contribution in [3.05, 3.63) is 0 Å². The van der Waals surface area contributed by atoms with Gasteiger partial charge in [0.1, 0.15) is 6.61 Å². The third-order valence-corrected chi connectivity index (χ3v) is 2.08. The summed E-state index contributed by atoms with van der Waals surface area (Å²) in [6.45, 7) is 2.35. The second-order valence-electron chi connectivity index (χ2n) is 2.70. The molecule has 1 heterocycles. The van der Waals surface area contributed by atoms with E-state index in [-0.39, 0.29) is 18.2 Å².